The van der Waals surface area contributed by atoms with Crippen LogP contribution in [0, 0.1) is 5.92 Å². The molecule has 0 amide bonds. The van der Waals surface area contributed by atoms with E-state index in [9.17, 15) is 14.4 Å². The van der Waals surface area contributed by atoms with Gasteiger partial charge in [-0.3, -0.25) is 14.4 Å². The molecule has 0 saturated carbocycles. The van der Waals surface area contributed by atoms with Crippen LogP contribution in [0.2, 0.25) is 0 Å². The molecular weight excluding hydrogens is 661 g/mol. The Morgan fingerprint density at radius 1 is 0.358 bits per heavy atom. The SMILES string of the molecule is CCCCCCCCCCCC(=O)O[C@H](COC(=O)CCCCCCCCC)COC(=O)CCCCCCCCCCCCCCCCCCC(C)C. The lowest BCUT2D eigenvalue weighted by atomic mass is 10.0. The average molecular weight is 751 g/mol. The number of hydrogen-bond donors (Lipinski definition) is 0. The molecule has 0 aliphatic heterocycles. The van der Waals surface area contributed by atoms with Crippen molar-refractivity contribution in [3.63, 3.8) is 0 Å². The predicted molar refractivity (Wildman–Crippen MR) is 224 cm³/mol. The van der Waals surface area contributed by atoms with Crippen LogP contribution in [0.4, 0.5) is 0 Å². The van der Waals surface area contributed by atoms with Crippen LogP contribution in [0.15, 0.2) is 0 Å². The summed E-state index contributed by atoms with van der Waals surface area (Å²) in [5.41, 5.74) is 0. The third-order valence-corrected chi connectivity index (χ3v) is 10.5. The zero-order chi connectivity index (χ0) is 38.9. The lowest BCUT2D eigenvalue weighted by Crippen LogP contribution is -2.30. The quantitative estimate of drug-likeness (QED) is 0.0351. The Balaban J connectivity index is 4.13. The Kier molecular flexibility index (Phi) is 40.3. The molecule has 0 rings (SSSR count). The first-order valence-electron chi connectivity index (χ1n) is 23.4. The smallest absolute Gasteiger partial charge is 0.306 e. The molecule has 6 nitrogen and oxygen atoms in total. The number of rotatable bonds is 42. The summed E-state index contributed by atoms with van der Waals surface area (Å²) in [6, 6.07) is 0. The van der Waals surface area contributed by atoms with Crippen LogP contribution < -0.4 is 0 Å². The maximum Gasteiger partial charge on any atom is 0.306 e. The van der Waals surface area contributed by atoms with Crippen molar-refractivity contribution in [2.45, 2.75) is 265 Å². The van der Waals surface area contributed by atoms with Gasteiger partial charge in [0, 0.05) is 19.3 Å². The Morgan fingerprint density at radius 2 is 0.623 bits per heavy atom. The van der Waals surface area contributed by atoms with Gasteiger partial charge in [-0.15, -0.1) is 0 Å². The third-order valence-electron chi connectivity index (χ3n) is 10.5. The van der Waals surface area contributed by atoms with Crippen molar-refractivity contribution < 1.29 is 28.6 Å². The largest absolute Gasteiger partial charge is 0.462 e. The number of carbonyl (C=O) groups excluding carboxylic acids is 3. The Bertz CT molecular complexity index is 796. The van der Waals surface area contributed by atoms with E-state index < -0.39 is 6.10 Å². The van der Waals surface area contributed by atoms with Gasteiger partial charge in [0.2, 0.25) is 0 Å². The van der Waals surface area contributed by atoms with Crippen molar-refractivity contribution in [1.82, 2.24) is 0 Å². The number of carbonyl (C=O) groups is 3. The zero-order valence-electron chi connectivity index (χ0n) is 36.0. The summed E-state index contributed by atoms with van der Waals surface area (Å²) in [6.07, 6.45) is 41.1. The van der Waals surface area contributed by atoms with E-state index in [1.165, 1.54) is 154 Å². The molecule has 1 atom stereocenters. The molecule has 0 fully saturated rings. The van der Waals surface area contributed by atoms with E-state index in [-0.39, 0.29) is 31.1 Å². The molecular formula is C47H90O6. The lowest BCUT2D eigenvalue weighted by molar-refractivity contribution is -0.167. The first-order chi connectivity index (χ1) is 25.9. The van der Waals surface area contributed by atoms with E-state index in [0.29, 0.717) is 19.3 Å². The second kappa shape index (κ2) is 41.6. The summed E-state index contributed by atoms with van der Waals surface area (Å²) in [6.45, 7) is 8.96. The highest BCUT2D eigenvalue weighted by atomic mass is 16.6. The van der Waals surface area contributed by atoms with E-state index in [1.807, 2.05) is 0 Å². The van der Waals surface area contributed by atoms with Crippen LogP contribution in [0.5, 0.6) is 0 Å². The number of unbranched alkanes of at least 4 members (excludes halogenated alkanes) is 29. The Labute approximate surface area is 329 Å². The minimum atomic E-state index is -0.757. The zero-order valence-corrected chi connectivity index (χ0v) is 36.0. The molecule has 0 saturated heterocycles. The van der Waals surface area contributed by atoms with Gasteiger partial charge in [0.15, 0.2) is 6.10 Å². The highest BCUT2D eigenvalue weighted by Gasteiger charge is 2.19. The second-order valence-electron chi connectivity index (χ2n) is 16.5. The van der Waals surface area contributed by atoms with E-state index in [2.05, 4.69) is 27.7 Å². The van der Waals surface area contributed by atoms with Crippen molar-refractivity contribution in [3.05, 3.63) is 0 Å². The van der Waals surface area contributed by atoms with Gasteiger partial charge in [0.05, 0.1) is 0 Å². The Hall–Kier alpha value is -1.59. The number of ether oxygens (including phenoxy) is 3. The fourth-order valence-electron chi connectivity index (χ4n) is 6.98. The maximum atomic E-state index is 12.6. The predicted octanol–water partition coefficient (Wildman–Crippen LogP) is 14.7. The minimum Gasteiger partial charge on any atom is -0.462 e. The molecule has 6 heteroatoms. The van der Waals surface area contributed by atoms with Crippen molar-refractivity contribution in [2.75, 3.05) is 13.2 Å². The normalized spacial score (nSPS) is 11.9. The van der Waals surface area contributed by atoms with Gasteiger partial charge in [-0.1, -0.05) is 220 Å². The van der Waals surface area contributed by atoms with Crippen LogP contribution >= 0.6 is 0 Å². The summed E-state index contributed by atoms with van der Waals surface area (Å²) in [5, 5.41) is 0. The molecule has 314 valence electrons. The fourth-order valence-corrected chi connectivity index (χ4v) is 6.98. The summed E-state index contributed by atoms with van der Waals surface area (Å²) in [7, 11) is 0. The van der Waals surface area contributed by atoms with Crippen LogP contribution in [-0.4, -0.2) is 37.2 Å². The van der Waals surface area contributed by atoms with Gasteiger partial charge >= 0.3 is 17.9 Å². The average Bonchev–Trinajstić information content (AvgIpc) is 3.14. The topological polar surface area (TPSA) is 78.9 Å². The van der Waals surface area contributed by atoms with Gasteiger partial charge in [0.25, 0.3) is 0 Å². The van der Waals surface area contributed by atoms with Crippen molar-refractivity contribution in [2.24, 2.45) is 5.92 Å². The van der Waals surface area contributed by atoms with E-state index >= 15 is 0 Å². The van der Waals surface area contributed by atoms with Crippen LogP contribution in [0.1, 0.15) is 259 Å². The lowest BCUT2D eigenvalue weighted by Gasteiger charge is -2.18. The summed E-state index contributed by atoms with van der Waals surface area (Å²) in [5.74, 6) is -0.00867. The van der Waals surface area contributed by atoms with Crippen molar-refractivity contribution >= 4 is 17.9 Å². The summed E-state index contributed by atoms with van der Waals surface area (Å²) >= 11 is 0. The molecule has 53 heavy (non-hydrogen) atoms. The third kappa shape index (κ3) is 41.4. The highest BCUT2D eigenvalue weighted by Crippen LogP contribution is 2.16. The summed E-state index contributed by atoms with van der Waals surface area (Å²) < 4.78 is 16.6. The van der Waals surface area contributed by atoms with E-state index in [1.54, 1.807) is 0 Å². The molecule has 0 aliphatic carbocycles. The highest BCUT2D eigenvalue weighted by molar-refractivity contribution is 5.71. The van der Waals surface area contributed by atoms with Gasteiger partial charge in [-0.05, 0) is 25.2 Å². The van der Waals surface area contributed by atoms with E-state index in [4.69, 9.17) is 14.2 Å². The van der Waals surface area contributed by atoms with Crippen molar-refractivity contribution in [1.29, 1.82) is 0 Å². The first-order valence-corrected chi connectivity index (χ1v) is 23.4. The van der Waals surface area contributed by atoms with Crippen LogP contribution in [0.25, 0.3) is 0 Å². The van der Waals surface area contributed by atoms with Crippen molar-refractivity contribution in [3.8, 4) is 0 Å². The molecule has 0 aromatic heterocycles. The molecule has 0 heterocycles. The monoisotopic (exact) mass is 751 g/mol. The Morgan fingerprint density at radius 3 is 0.925 bits per heavy atom. The van der Waals surface area contributed by atoms with Gasteiger partial charge < -0.3 is 14.2 Å². The van der Waals surface area contributed by atoms with Gasteiger partial charge in [-0.25, -0.2) is 0 Å². The molecule has 0 spiro atoms. The van der Waals surface area contributed by atoms with Crippen LogP contribution in [0.3, 0.4) is 0 Å². The van der Waals surface area contributed by atoms with E-state index in [0.717, 1.165) is 63.7 Å². The second-order valence-corrected chi connectivity index (χ2v) is 16.5. The number of hydrogen-bond acceptors (Lipinski definition) is 6. The van der Waals surface area contributed by atoms with Gasteiger partial charge in [-0.2, -0.15) is 0 Å². The van der Waals surface area contributed by atoms with Crippen LogP contribution in [-0.2, 0) is 28.6 Å². The fraction of sp³-hybridized carbons (Fsp3) is 0.936. The molecule has 0 aromatic rings. The maximum absolute atomic E-state index is 12.6. The molecule has 0 aliphatic rings. The molecule has 0 radical (unpaired) electrons. The molecule has 0 bridgehead atoms. The summed E-state index contributed by atoms with van der Waals surface area (Å²) in [4.78, 5) is 37.5. The number of esters is 3. The first kappa shape index (κ1) is 51.4. The van der Waals surface area contributed by atoms with Gasteiger partial charge in [0.1, 0.15) is 13.2 Å². The molecule has 0 aromatic carbocycles. The standard InChI is InChI=1S/C47H90O6/c1-5-7-9-11-13-22-28-32-36-40-47(50)53-44(41-51-45(48)38-34-30-25-12-10-8-6-2)42-52-46(49)39-35-31-27-24-21-19-17-15-14-16-18-20-23-26-29-33-37-43(3)4/h43-44H,5-42H2,1-4H3/t44-/m1/s1. The minimum absolute atomic E-state index is 0.0640. The molecule has 0 unspecified atom stereocenters. The molecule has 0 N–H and O–H groups in total.